The van der Waals surface area contributed by atoms with Gasteiger partial charge in [-0.15, -0.1) is 0 Å². The minimum atomic E-state index is -0.582. The minimum absolute atomic E-state index is 0.0127. The van der Waals surface area contributed by atoms with Crippen molar-refractivity contribution in [1.82, 2.24) is 0 Å². The zero-order valence-corrected chi connectivity index (χ0v) is 20.9. The van der Waals surface area contributed by atoms with Gasteiger partial charge in [-0.3, -0.25) is 0 Å². The molecule has 0 unspecified atom stereocenters. The van der Waals surface area contributed by atoms with Gasteiger partial charge in [0, 0.05) is 12.2 Å². The second kappa shape index (κ2) is 15.1. The number of carbonyl (C=O) groups is 3. The summed E-state index contributed by atoms with van der Waals surface area (Å²) in [4.78, 5) is 34.5. The Labute approximate surface area is 220 Å². The molecular weight excluding hydrogens is 496 g/mol. The molecule has 0 heterocycles. The van der Waals surface area contributed by atoms with Crippen LogP contribution in [-0.2, 0) is 28.5 Å². The summed E-state index contributed by atoms with van der Waals surface area (Å²) in [6.45, 7) is 6.25. The Morgan fingerprint density at radius 1 is 0.658 bits per heavy atom. The summed E-state index contributed by atoms with van der Waals surface area (Å²) in [5.74, 6) is 0.0403. The number of carbonyl (C=O) groups excluding carboxylic acids is 3. The number of ether oxygens (including phenoxy) is 7. The van der Waals surface area contributed by atoms with E-state index in [2.05, 4.69) is 13.2 Å². The van der Waals surface area contributed by atoms with Crippen LogP contribution in [0, 0.1) is 0 Å². The van der Waals surface area contributed by atoms with E-state index in [0.717, 1.165) is 25.0 Å². The fraction of sp³-hybridized carbons (Fsp3) is 0.321. The Hall–Kier alpha value is -4.31. The van der Waals surface area contributed by atoms with Crippen LogP contribution in [0.1, 0.15) is 36.0 Å². The molecule has 2 aromatic rings. The van der Waals surface area contributed by atoms with Crippen LogP contribution in [0.2, 0.25) is 0 Å². The molecule has 0 bridgehead atoms. The average Bonchev–Trinajstić information content (AvgIpc) is 2.95. The van der Waals surface area contributed by atoms with Crippen molar-refractivity contribution in [2.45, 2.75) is 37.9 Å². The minimum Gasteiger partial charge on any atom is -0.468 e. The number of esters is 3. The molecule has 0 saturated heterocycles. The second-order valence-corrected chi connectivity index (χ2v) is 8.09. The molecular formula is C28H30O10. The first-order valence-electron chi connectivity index (χ1n) is 12.0. The van der Waals surface area contributed by atoms with Crippen molar-refractivity contribution in [2.75, 3.05) is 20.4 Å². The van der Waals surface area contributed by atoms with Gasteiger partial charge >= 0.3 is 17.9 Å². The van der Waals surface area contributed by atoms with Crippen LogP contribution in [0.25, 0.3) is 0 Å². The molecule has 1 fully saturated rings. The van der Waals surface area contributed by atoms with Crippen molar-refractivity contribution >= 4 is 17.9 Å². The smallest absolute Gasteiger partial charge is 0.338 e. The predicted octanol–water partition coefficient (Wildman–Crippen LogP) is 4.34. The molecule has 0 aromatic heterocycles. The van der Waals surface area contributed by atoms with Crippen LogP contribution in [0.4, 0.5) is 0 Å². The second-order valence-electron chi connectivity index (χ2n) is 8.09. The molecule has 0 radical (unpaired) electrons. The number of benzene rings is 2. The third kappa shape index (κ3) is 9.62. The van der Waals surface area contributed by atoms with E-state index >= 15 is 0 Å². The molecule has 0 amide bonds. The van der Waals surface area contributed by atoms with E-state index in [0.29, 0.717) is 35.7 Å². The highest BCUT2D eigenvalue weighted by atomic mass is 16.7. The highest BCUT2D eigenvalue weighted by molar-refractivity contribution is 5.89. The molecule has 202 valence electrons. The average molecular weight is 527 g/mol. The zero-order chi connectivity index (χ0) is 27.2. The number of rotatable bonds is 14. The molecule has 0 aliphatic heterocycles. The third-order valence-electron chi connectivity index (χ3n) is 5.52. The van der Waals surface area contributed by atoms with E-state index in [1.54, 1.807) is 48.5 Å². The van der Waals surface area contributed by atoms with Crippen LogP contribution in [-0.4, -0.2) is 50.5 Å². The van der Waals surface area contributed by atoms with Gasteiger partial charge in [-0.2, -0.15) is 0 Å². The van der Waals surface area contributed by atoms with Crippen molar-refractivity contribution in [1.29, 1.82) is 0 Å². The first-order valence-corrected chi connectivity index (χ1v) is 12.0. The van der Waals surface area contributed by atoms with E-state index in [4.69, 9.17) is 33.2 Å². The molecule has 1 saturated carbocycles. The lowest BCUT2D eigenvalue weighted by atomic mass is 9.95. The molecule has 0 N–H and O–H groups in total. The summed E-state index contributed by atoms with van der Waals surface area (Å²) in [5.41, 5.74) is 0.404. The van der Waals surface area contributed by atoms with E-state index in [-0.39, 0.29) is 32.6 Å². The van der Waals surface area contributed by atoms with Gasteiger partial charge in [0.1, 0.15) is 23.4 Å². The molecule has 1 aliphatic rings. The van der Waals surface area contributed by atoms with E-state index in [1.807, 2.05) is 0 Å². The Bertz CT molecular complexity index is 1070. The summed E-state index contributed by atoms with van der Waals surface area (Å²) in [5, 5.41) is 0. The summed E-state index contributed by atoms with van der Waals surface area (Å²) in [6.07, 6.45) is 4.80. The maximum absolute atomic E-state index is 12.5. The van der Waals surface area contributed by atoms with Gasteiger partial charge in [-0.1, -0.05) is 13.2 Å². The molecule has 1 aliphatic carbocycles. The van der Waals surface area contributed by atoms with Gasteiger partial charge in [0.25, 0.3) is 0 Å². The molecule has 38 heavy (non-hydrogen) atoms. The van der Waals surface area contributed by atoms with Gasteiger partial charge in [0.15, 0.2) is 6.79 Å². The van der Waals surface area contributed by atoms with E-state index < -0.39 is 17.9 Å². The van der Waals surface area contributed by atoms with Crippen molar-refractivity contribution in [3.63, 3.8) is 0 Å². The van der Waals surface area contributed by atoms with Gasteiger partial charge < -0.3 is 33.2 Å². The van der Waals surface area contributed by atoms with Crippen LogP contribution < -0.4 is 14.2 Å². The lowest BCUT2D eigenvalue weighted by Gasteiger charge is -2.28. The van der Waals surface area contributed by atoms with Gasteiger partial charge in [-0.05, 0) is 74.2 Å². The highest BCUT2D eigenvalue weighted by Crippen LogP contribution is 2.25. The van der Waals surface area contributed by atoms with E-state index in [1.165, 1.54) is 0 Å². The number of hydrogen-bond donors (Lipinski definition) is 0. The molecule has 10 heteroatoms. The van der Waals surface area contributed by atoms with Crippen molar-refractivity contribution in [3.05, 3.63) is 79.4 Å². The molecule has 0 spiro atoms. The Kier molecular flexibility index (Phi) is 11.2. The topological polar surface area (TPSA) is 116 Å². The monoisotopic (exact) mass is 526 g/mol. The summed E-state index contributed by atoms with van der Waals surface area (Å²) in [7, 11) is 0. The quantitative estimate of drug-likeness (QED) is 0.152. The summed E-state index contributed by atoms with van der Waals surface area (Å²) >= 11 is 0. The first-order chi connectivity index (χ1) is 18.5. The largest absolute Gasteiger partial charge is 0.468 e. The fourth-order valence-corrected chi connectivity index (χ4v) is 3.48. The lowest BCUT2D eigenvalue weighted by Crippen LogP contribution is -2.29. The van der Waals surface area contributed by atoms with Crippen LogP contribution in [0.5, 0.6) is 17.2 Å². The molecule has 10 nitrogen and oxygen atoms in total. The molecule has 0 atom stereocenters. The predicted molar refractivity (Wildman–Crippen MR) is 134 cm³/mol. The van der Waals surface area contributed by atoms with Crippen molar-refractivity contribution < 1.29 is 47.5 Å². The SMILES string of the molecule is C=CC(=O)OCOc1ccc(OCOC2CCC(OC(=O)c3ccc(OCOC(=O)C=C)cc3)CC2)cc1. The Morgan fingerprint density at radius 3 is 1.55 bits per heavy atom. The molecule has 2 aromatic carbocycles. The fourth-order valence-electron chi connectivity index (χ4n) is 3.48. The standard InChI is InChI=1S/C28H30O10/c1-3-26(29)36-18-34-21-7-5-20(6-8-21)28(31)38-25-15-13-24(14-16-25)33-17-32-22-9-11-23(12-10-22)35-19-37-27(30)4-2/h3-12,24-25H,1-2,13-19H2. The van der Waals surface area contributed by atoms with Crippen molar-refractivity contribution in [3.8, 4) is 17.2 Å². The van der Waals surface area contributed by atoms with Crippen LogP contribution in [0.15, 0.2) is 73.8 Å². The van der Waals surface area contributed by atoms with Crippen LogP contribution in [0.3, 0.4) is 0 Å². The van der Waals surface area contributed by atoms with Crippen LogP contribution >= 0.6 is 0 Å². The van der Waals surface area contributed by atoms with E-state index in [9.17, 15) is 14.4 Å². The molecule has 3 rings (SSSR count). The first kappa shape index (κ1) is 28.3. The summed E-state index contributed by atoms with van der Waals surface area (Å²) in [6, 6.07) is 13.2. The highest BCUT2D eigenvalue weighted by Gasteiger charge is 2.25. The Morgan fingerprint density at radius 2 is 1.08 bits per heavy atom. The maximum atomic E-state index is 12.5. The third-order valence-corrected chi connectivity index (χ3v) is 5.52. The lowest BCUT2D eigenvalue weighted by molar-refractivity contribution is -0.145. The normalized spacial score (nSPS) is 16.4. The number of hydrogen-bond acceptors (Lipinski definition) is 10. The van der Waals surface area contributed by atoms with Gasteiger partial charge in [-0.25, -0.2) is 14.4 Å². The van der Waals surface area contributed by atoms with Crippen molar-refractivity contribution in [2.24, 2.45) is 0 Å². The van der Waals surface area contributed by atoms with Gasteiger partial charge in [0.05, 0.1) is 11.7 Å². The Balaban J connectivity index is 1.30. The summed E-state index contributed by atoms with van der Waals surface area (Å²) < 4.78 is 37.1. The zero-order valence-electron chi connectivity index (χ0n) is 20.9. The maximum Gasteiger partial charge on any atom is 0.338 e. The van der Waals surface area contributed by atoms with Gasteiger partial charge in [0.2, 0.25) is 13.6 Å².